The molecule has 0 N–H and O–H groups in total. The van der Waals surface area contributed by atoms with Crippen LogP contribution in [0.1, 0.15) is 5.56 Å². The molecule has 0 fully saturated rings. The molecular formula is C12H10BrFN+. The van der Waals surface area contributed by atoms with E-state index in [1.165, 1.54) is 17.7 Å². The maximum absolute atomic E-state index is 12.7. The maximum Gasteiger partial charge on any atom is 0.173 e. The molecule has 0 saturated carbocycles. The molecule has 0 aliphatic carbocycles. The lowest BCUT2D eigenvalue weighted by Gasteiger charge is -1.97. The highest BCUT2D eigenvalue weighted by atomic mass is 79.9. The quantitative estimate of drug-likeness (QED) is 0.736. The summed E-state index contributed by atoms with van der Waals surface area (Å²) in [6, 6.07) is 11.0. The maximum atomic E-state index is 12.7. The zero-order valence-corrected chi connectivity index (χ0v) is 9.62. The monoisotopic (exact) mass is 266 g/mol. The fourth-order valence-electron chi connectivity index (χ4n) is 1.35. The van der Waals surface area contributed by atoms with Crippen LogP contribution in [0.25, 0.3) is 0 Å². The Morgan fingerprint density at radius 3 is 2.20 bits per heavy atom. The Hall–Kier alpha value is -1.22. The number of pyridine rings is 1. The Kier molecular flexibility index (Phi) is 3.11. The van der Waals surface area contributed by atoms with Gasteiger partial charge in [0.2, 0.25) is 0 Å². The van der Waals surface area contributed by atoms with Crippen molar-refractivity contribution in [1.82, 2.24) is 0 Å². The van der Waals surface area contributed by atoms with Crippen molar-refractivity contribution in [3.8, 4) is 0 Å². The summed E-state index contributed by atoms with van der Waals surface area (Å²) in [5.41, 5.74) is 1.19. The summed E-state index contributed by atoms with van der Waals surface area (Å²) in [6.07, 6.45) is 3.47. The van der Waals surface area contributed by atoms with Gasteiger partial charge in [-0.15, -0.1) is 0 Å². The molecule has 76 valence electrons. The number of aromatic nitrogens is 1. The lowest BCUT2D eigenvalue weighted by atomic mass is 10.2. The van der Waals surface area contributed by atoms with Crippen molar-refractivity contribution in [1.29, 1.82) is 0 Å². The van der Waals surface area contributed by atoms with Crippen LogP contribution in [-0.2, 0) is 6.54 Å². The molecule has 2 aromatic rings. The molecule has 0 atom stereocenters. The number of rotatable bonds is 2. The predicted molar refractivity (Wildman–Crippen MR) is 59.8 cm³/mol. The second-order valence-corrected chi connectivity index (χ2v) is 4.23. The Bertz CT molecular complexity index is 393. The average Bonchev–Trinajstić information content (AvgIpc) is 2.25. The molecular weight excluding hydrogens is 257 g/mol. The summed E-state index contributed by atoms with van der Waals surface area (Å²) in [6.45, 7) is 0.758. The number of hydrogen-bond acceptors (Lipinski definition) is 0. The van der Waals surface area contributed by atoms with Gasteiger partial charge in [-0.05, 0) is 12.1 Å². The van der Waals surface area contributed by atoms with Gasteiger partial charge in [0.1, 0.15) is 5.82 Å². The highest BCUT2D eigenvalue weighted by Crippen LogP contribution is 2.10. The molecule has 0 aliphatic rings. The molecule has 2 rings (SSSR count). The number of hydrogen-bond donors (Lipinski definition) is 0. The van der Waals surface area contributed by atoms with Gasteiger partial charge in [-0.3, -0.25) is 0 Å². The van der Waals surface area contributed by atoms with Gasteiger partial charge in [0.15, 0.2) is 18.9 Å². The first kappa shape index (κ1) is 10.3. The van der Waals surface area contributed by atoms with E-state index in [1.54, 1.807) is 12.4 Å². The summed E-state index contributed by atoms with van der Waals surface area (Å²) < 4.78 is 15.7. The van der Waals surface area contributed by atoms with E-state index in [4.69, 9.17) is 0 Å². The summed E-state index contributed by atoms with van der Waals surface area (Å²) >= 11 is 3.38. The molecule has 0 radical (unpaired) electrons. The summed E-state index contributed by atoms with van der Waals surface area (Å²) in [5, 5.41) is 0. The minimum absolute atomic E-state index is 0.206. The van der Waals surface area contributed by atoms with E-state index in [1.807, 2.05) is 28.8 Å². The summed E-state index contributed by atoms with van der Waals surface area (Å²) in [7, 11) is 0. The predicted octanol–water partition coefficient (Wildman–Crippen LogP) is 2.92. The van der Waals surface area contributed by atoms with Gasteiger partial charge >= 0.3 is 0 Å². The summed E-state index contributed by atoms with van der Waals surface area (Å²) in [5.74, 6) is -0.206. The second-order valence-electron chi connectivity index (χ2n) is 3.32. The van der Waals surface area contributed by atoms with Crippen LogP contribution in [-0.4, -0.2) is 0 Å². The lowest BCUT2D eigenvalue weighted by molar-refractivity contribution is -0.688. The molecule has 0 unspecified atom stereocenters. The normalized spacial score (nSPS) is 10.3. The molecule has 0 saturated heterocycles. The van der Waals surface area contributed by atoms with Crippen LogP contribution in [0.15, 0.2) is 53.3 Å². The molecule has 3 heteroatoms. The first-order chi connectivity index (χ1) is 7.24. The molecule has 0 spiro atoms. The minimum atomic E-state index is -0.206. The van der Waals surface area contributed by atoms with E-state index >= 15 is 0 Å². The van der Waals surface area contributed by atoms with E-state index in [-0.39, 0.29) is 5.82 Å². The van der Waals surface area contributed by atoms with E-state index in [0.29, 0.717) is 0 Å². The van der Waals surface area contributed by atoms with E-state index in [2.05, 4.69) is 15.9 Å². The topological polar surface area (TPSA) is 3.88 Å². The van der Waals surface area contributed by atoms with Crippen LogP contribution in [0.4, 0.5) is 4.39 Å². The van der Waals surface area contributed by atoms with Crippen LogP contribution in [0.2, 0.25) is 0 Å². The van der Waals surface area contributed by atoms with Crippen LogP contribution in [0, 0.1) is 5.82 Å². The molecule has 1 nitrogen and oxygen atoms in total. The van der Waals surface area contributed by atoms with Crippen LogP contribution in [0.3, 0.4) is 0 Å². The van der Waals surface area contributed by atoms with E-state index < -0.39 is 0 Å². The smallest absolute Gasteiger partial charge is 0.173 e. The van der Waals surface area contributed by atoms with Crippen LogP contribution >= 0.6 is 15.9 Å². The van der Waals surface area contributed by atoms with Gasteiger partial charge in [-0.1, -0.05) is 28.1 Å². The Morgan fingerprint density at radius 1 is 1.00 bits per heavy atom. The van der Waals surface area contributed by atoms with Gasteiger partial charge in [0, 0.05) is 22.2 Å². The largest absolute Gasteiger partial charge is 0.207 e. The zero-order chi connectivity index (χ0) is 10.7. The molecule has 0 amide bonds. The first-order valence-electron chi connectivity index (χ1n) is 4.63. The fourth-order valence-corrected chi connectivity index (χ4v) is 1.61. The average molecular weight is 267 g/mol. The van der Waals surface area contributed by atoms with Gasteiger partial charge in [0.05, 0.1) is 0 Å². The van der Waals surface area contributed by atoms with E-state index in [0.717, 1.165) is 11.0 Å². The SMILES string of the molecule is Fc1cc[n+](Cc2ccc(Br)cc2)cc1. The standard InChI is InChI=1S/C12H10BrFN/c13-11-3-1-10(2-4-11)9-15-7-5-12(14)6-8-15/h1-8H,9H2/q+1. The van der Waals surface area contributed by atoms with Crippen molar-refractivity contribution in [2.45, 2.75) is 6.54 Å². The summed E-state index contributed by atoms with van der Waals surface area (Å²) in [4.78, 5) is 0. The van der Waals surface area contributed by atoms with Crippen molar-refractivity contribution in [2.24, 2.45) is 0 Å². The molecule has 0 bridgehead atoms. The van der Waals surface area contributed by atoms with Gasteiger partial charge in [-0.2, -0.15) is 0 Å². The highest BCUT2D eigenvalue weighted by Gasteiger charge is 2.02. The number of halogens is 2. The second kappa shape index (κ2) is 4.53. The Balaban J connectivity index is 2.15. The van der Waals surface area contributed by atoms with Gasteiger partial charge in [0.25, 0.3) is 0 Å². The molecule has 15 heavy (non-hydrogen) atoms. The van der Waals surface area contributed by atoms with Crippen molar-refractivity contribution in [2.75, 3.05) is 0 Å². The highest BCUT2D eigenvalue weighted by molar-refractivity contribution is 9.10. The van der Waals surface area contributed by atoms with E-state index in [9.17, 15) is 4.39 Å². The van der Waals surface area contributed by atoms with Crippen LogP contribution < -0.4 is 4.57 Å². The Morgan fingerprint density at radius 2 is 1.60 bits per heavy atom. The zero-order valence-electron chi connectivity index (χ0n) is 8.03. The molecule has 1 heterocycles. The molecule has 1 aromatic heterocycles. The molecule has 0 aliphatic heterocycles. The third kappa shape index (κ3) is 2.86. The lowest BCUT2D eigenvalue weighted by Crippen LogP contribution is -2.33. The third-order valence-corrected chi connectivity index (χ3v) is 2.66. The van der Waals surface area contributed by atoms with Gasteiger partial charge in [-0.25, -0.2) is 8.96 Å². The van der Waals surface area contributed by atoms with Crippen molar-refractivity contribution < 1.29 is 8.96 Å². The number of nitrogens with zero attached hydrogens (tertiary/aromatic N) is 1. The number of benzene rings is 1. The minimum Gasteiger partial charge on any atom is -0.207 e. The first-order valence-corrected chi connectivity index (χ1v) is 5.42. The Labute approximate surface area is 96.3 Å². The van der Waals surface area contributed by atoms with Crippen molar-refractivity contribution >= 4 is 15.9 Å². The fraction of sp³-hybridized carbons (Fsp3) is 0.0833. The third-order valence-electron chi connectivity index (χ3n) is 2.13. The van der Waals surface area contributed by atoms with Crippen LogP contribution in [0.5, 0.6) is 0 Å². The van der Waals surface area contributed by atoms with Crippen molar-refractivity contribution in [3.05, 3.63) is 64.6 Å². The van der Waals surface area contributed by atoms with Gasteiger partial charge < -0.3 is 0 Å². The van der Waals surface area contributed by atoms with Crippen molar-refractivity contribution in [3.63, 3.8) is 0 Å². The molecule has 1 aromatic carbocycles.